The van der Waals surface area contributed by atoms with E-state index in [4.69, 9.17) is 4.74 Å². The number of hydrogen-bond acceptors (Lipinski definition) is 3. The van der Waals surface area contributed by atoms with Gasteiger partial charge in [-0.2, -0.15) is 0 Å². The Morgan fingerprint density at radius 2 is 2.00 bits per heavy atom. The highest BCUT2D eigenvalue weighted by molar-refractivity contribution is 9.10. The van der Waals surface area contributed by atoms with Crippen LogP contribution in [0.2, 0.25) is 0 Å². The molecule has 0 atom stereocenters. The number of ether oxygens (including phenoxy) is 1. The minimum Gasteiger partial charge on any atom is -0.493 e. The van der Waals surface area contributed by atoms with Gasteiger partial charge in [-0.05, 0) is 37.5 Å². The molecule has 0 heterocycles. The van der Waals surface area contributed by atoms with Crippen LogP contribution in [0.15, 0.2) is 22.7 Å². The van der Waals surface area contributed by atoms with Gasteiger partial charge >= 0.3 is 5.97 Å². The van der Waals surface area contributed by atoms with E-state index in [0.29, 0.717) is 32.5 Å². The van der Waals surface area contributed by atoms with Crippen LogP contribution in [0, 0.1) is 5.41 Å². The van der Waals surface area contributed by atoms with Gasteiger partial charge in [0.2, 0.25) is 0 Å². The molecule has 0 aliphatic heterocycles. The molecule has 0 unspecified atom stereocenters. The Bertz CT molecular complexity index is 487. The van der Waals surface area contributed by atoms with Gasteiger partial charge in [0.25, 0.3) is 0 Å². The predicted octanol–water partition coefficient (Wildman–Crippen LogP) is 4.22. The summed E-state index contributed by atoms with van der Waals surface area (Å²) < 4.78 is 6.74. The zero-order chi connectivity index (χ0) is 16.6. The minimum absolute atomic E-state index is 0.453. The molecule has 4 nitrogen and oxygen atoms in total. The van der Waals surface area contributed by atoms with Gasteiger partial charge in [-0.15, -0.1) is 0 Å². The number of hydrogen-bond donors (Lipinski definition) is 2. The van der Waals surface area contributed by atoms with Crippen LogP contribution in [0.5, 0.6) is 5.75 Å². The van der Waals surface area contributed by atoms with E-state index in [1.54, 1.807) is 0 Å². The summed E-state index contributed by atoms with van der Waals surface area (Å²) in [5.41, 5.74) is 0.338. The van der Waals surface area contributed by atoms with E-state index < -0.39 is 11.4 Å². The second-order valence-electron chi connectivity index (χ2n) is 5.50. The van der Waals surface area contributed by atoms with Crippen molar-refractivity contribution in [2.75, 3.05) is 13.2 Å². The van der Waals surface area contributed by atoms with Gasteiger partial charge in [0, 0.05) is 23.1 Å². The molecule has 1 aromatic carbocycles. The van der Waals surface area contributed by atoms with E-state index in [1.807, 2.05) is 32.0 Å². The van der Waals surface area contributed by atoms with Gasteiger partial charge in [-0.1, -0.05) is 36.7 Å². The Balaban J connectivity index is 2.74. The summed E-state index contributed by atoms with van der Waals surface area (Å²) >= 11 is 3.47. The van der Waals surface area contributed by atoms with Crippen molar-refractivity contribution in [2.45, 2.75) is 46.6 Å². The number of carboxylic acids is 1. The Kier molecular flexibility index (Phi) is 7.90. The molecule has 0 saturated heterocycles. The van der Waals surface area contributed by atoms with Crippen LogP contribution in [-0.2, 0) is 11.3 Å². The highest BCUT2D eigenvalue weighted by Gasteiger charge is 2.34. The summed E-state index contributed by atoms with van der Waals surface area (Å²) in [4.78, 5) is 11.5. The molecule has 22 heavy (non-hydrogen) atoms. The molecule has 2 N–H and O–H groups in total. The smallest absolute Gasteiger partial charge is 0.310 e. The average Bonchev–Trinajstić information content (AvgIpc) is 2.50. The molecule has 0 aliphatic rings. The van der Waals surface area contributed by atoms with Crippen LogP contribution in [0.25, 0.3) is 0 Å². The van der Waals surface area contributed by atoms with E-state index >= 15 is 0 Å². The first kappa shape index (κ1) is 19.0. The van der Waals surface area contributed by atoms with Crippen LogP contribution >= 0.6 is 15.9 Å². The minimum atomic E-state index is -0.735. The zero-order valence-electron chi connectivity index (χ0n) is 13.6. The molecule has 0 aliphatic carbocycles. The van der Waals surface area contributed by atoms with E-state index in [9.17, 15) is 9.90 Å². The molecule has 0 spiro atoms. The van der Waals surface area contributed by atoms with Gasteiger partial charge in [0.1, 0.15) is 5.75 Å². The standard InChI is InChI=1S/C17H26BrNO3/c1-4-9-22-15-8-7-14(18)10-13(15)11-19-12-17(5-2,6-3)16(20)21/h7-8,10,19H,4-6,9,11-12H2,1-3H3,(H,20,21). The van der Waals surface area contributed by atoms with Crippen LogP contribution in [-0.4, -0.2) is 24.2 Å². The number of benzene rings is 1. The van der Waals surface area contributed by atoms with Crippen LogP contribution in [0.1, 0.15) is 45.6 Å². The lowest BCUT2D eigenvalue weighted by atomic mass is 9.82. The maximum atomic E-state index is 11.5. The topological polar surface area (TPSA) is 58.6 Å². The van der Waals surface area contributed by atoms with Crippen molar-refractivity contribution in [1.82, 2.24) is 5.32 Å². The summed E-state index contributed by atoms with van der Waals surface area (Å²) in [6.07, 6.45) is 2.18. The lowest BCUT2D eigenvalue weighted by Gasteiger charge is -2.27. The molecule has 0 saturated carbocycles. The molecule has 5 heteroatoms. The molecule has 0 fully saturated rings. The molecule has 1 rings (SSSR count). The van der Waals surface area contributed by atoms with Crippen molar-refractivity contribution in [2.24, 2.45) is 5.41 Å². The van der Waals surface area contributed by atoms with Crippen LogP contribution in [0.3, 0.4) is 0 Å². The van der Waals surface area contributed by atoms with Gasteiger partial charge in [-0.25, -0.2) is 0 Å². The van der Waals surface area contributed by atoms with Crippen LogP contribution in [0.4, 0.5) is 0 Å². The van der Waals surface area contributed by atoms with Gasteiger partial charge in [0.15, 0.2) is 0 Å². The first-order valence-electron chi connectivity index (χ1n) is 7.84. The Labute approximate surface area is 141 Å². The molecule has 0 amide bonds. The number of rotatable bonds is 10. The fraction of sp³-hybridized carbons (Fsp3) is 0.588. The van der Waals surface area contributed by atoms with E-state index in [-0.39, 0.29) is 0 Å². The Morgan fingerprint density at radius 1 is 1.32 bits per heavy atom. The highest BCUT2D eigenvalue weighted by Crippen LogP contribution is 2.27. The van der Waals surface area contributed by atoms with E-state index in [0.717, 1.165) is 22.2 Å². The normalized spacial score (nSPS) is 11.5. The second kappa shape index (κ2) is 9.16. The molecular weight excluding hydrogens is 346 g/mol. The van der Waals surface area contributed by atoms with Crippen molar-refractivity contribution in [1.29, 1.82) is 0 Å². The first-order valence-corrected chi connectivity index (χ1v) is 8.63. The monoisotopic (exact) mass is 371 g/mol. The summed E-state index contributed by atoms with van der Waals surface area (Å²) in [5, 5.41) is 12.8. The summed E-state index contributed by atoms with van der Waals surface area (Å²) in [6.45, 7) is 7.64. The first-order chi connectivity index (χ1) is 10.5. The maximum absolute atomic E-state index is 11.5. The summed E-state index contributed by atoms with van der Waals surface area (Å²) in [6, 6.07) is 5.91. The summed E-state index contributed by atoms with van der Waals surface area (Å²) in [5.74, 6) is 0.119. The molecule has 124 valence electrons. The number of nitrogens with one attached hydrogen (secondary N) is 1. The summed E-state index contributed by atoms with van der Waals surface area (Å²) in [7, 11) is 0. The molecular formula is C17H26BrNO3. The fourth-order valence-corrected chi connectivity index (χ4v) is 2.76. The zero-order valence-corrected chi connectivity index (χ0v) is 15.2. The largest absolute Gasteiger partial charge is 0.493 e. The van der Waals surface area contributed by atoms with Crippen molar-refractivity contribution < 1.29 is 14.6 Å². The van der Waals surface area contributed by atoms with Gasteiger partial charge in [0.05, 0.1) is 12.0 Å². The van der Waals surface area contributed by atoms with Crippen molar-refractivity contribution >= 4 is 21.9 Å². The number of halogens is 1. The molecule has 0 bridgehead atoms. The quantitative estimate of drug-likeness (QED) is 0.646. The highest BCUT2D eigenvalue weighted by atomic mass is 79.9. The molecule has 0 aromatic heterocycles. The number of aliphatic carboxylic acids is 1. The van der Waals surface area contributed by atoms with Crippen LogP contribution < -0.4 is 10.1 Å². The third kappa shape index (κ3) is 4.99. The number of carboxylic acid groups (broad SMARTS) is 1. The third-order valence-electron chi connectivity index (χ3n) is 4.07. The Hall–Kier alpha value is -1.07. The van der Waals surface area contributed by atoms with Gasteiger partial charge < -0.3 is 15.2 Å². The van der Waals surface area contributed by atoms with E-state index in [1.165, 1.54) is 0 Å². The predicted molar refractivity (Wildman–Crippen MR) is 92.3 cm³/mol. The van der Waals surface area contributed by atoms with Crippen molar-refractivity contribution in [3.8, 4) is 5.75 Å². The maximum Gasteiger partial charge on any atom is 0.310 e. The second-order valence-corrected chi connectivity index (χ2v) is 6.41. The van der Waals surface area contributed by atoms with Gasteiger partial charge in [-0.3, -0.25) is 4.79 Å². The van der Waals surface area contributed by atoms with Crippen molar-refractivity contribution in [3.05, 3.63) is 28.2 Å². The lowest BCUT2D eigenvalue weighted by Crippen LogP contribution is -2.40. The molecule has 0 radical (unpaired) electrons. The lowest BCUT2D eigenvalue weighted by molar-refractivity contribution is -0.149. The Morgan fingerprint density at radius 3 is 2.55 bits per heavy atom. The number of carbonyl (C=O) groups is 1. The van der Waals surface area contributed by atoms with Crippen molar-refractivity contribution in [3.63, 3.8) is 0 Å². The average molecular weight is 372 g/mol. The third-order valence-corrected chi connectivity index (χ3v) is 4.56. The fourth-order valence-electron chi connectivity index (χ4n) is 2.35. The SMILES string of the molecule is CCCOc1ccc(Br)cc1CNCC(CC)(CC)C(=O)O. The molecule has 1 aromatic rings. The van der Waals surface area contributed by atoms with E-state index in [2.05, 4.69) is 28.2 Å².